The second-order valence-corrected chi connectivity index (χ2v) is 6.45. The molecule has 136 valence electrons. The maximum Gasteiger partial charge on any atom is 0.292 e. The van der Waals surface area contributed by atoms with E-state index in [-0.39, 0.29) is 0 Å². The van der Waals surface area contributed by atoms with E-state index in [1.807, 2.05) is 31.2 Å². The number of hydrogen-bond donors (Lipinski definition) is 2. The zero-order valence-electron chi connectivity index (χ0n) is 15.5. The Morgan fingerprint density at radius 3 is 2.44 bits per heavy atom. The van der Waals surface area contributed by atoms with Crippen molar-refractivity contribution in [3.8, 4) is 0 Å². The van der Waals surface area contributed by atoms with Gasteiger partial charge in [0.2, 0.25) is 0 Å². The molecular formula is C20H29N3O2. The van der Waals surface area contributed by atoms with Gasteiger partial charge in [-0.2, -0.15) is 0 Å². The molecule has 0 saturated carbocycles. The fraction of sp³-hybridized carbons (Fsp3) is 0.500. The van der Waals surface area contributed by atoms with Crippen molar-refractivity contribution < 1.29 is 9.59 Å². The highest BCUT2D eigenvalue weighted by Gasteiger charge is 2.22. The number of aromatic nitrogens is 1. The molecule has 1 aromatic carbocycles. The number of aromatic amines is 1. The molecule has 0 unspecified atom stereocenters. The van der Waals surface area contributed by atoms with Gasteiger partial charge >= 0.3 is 0 Å². The Morgan fingerprint density at radius 2 is 1.76 bits per heavy atom. The lowest BCUT2D eigenvalue weighted by molar-refractivity contribution is -0.117. The Hall–Kier alpha value is -2.14. The van der Waals surface area contributed by atoms with Gasteiger partial charge in [0, 0.05) is 23.1 Å². The van der Waals surface area contributed by atoms with Gasteiger partial charge in [-0.25, -0.2) is 0 Å². The van der Waals surface area contributed by atoms with E-state index in [4.69, 9.17) is 0 Å². The number of nitrogens with one attached hydrogen (secondary N) is 2. The molecule has 0 aliphatic rings. The van der Waals surface area contributed by atoms with E-state index in [0.717, 1.165) is 55.5 Å². The molecule has 0 spiro atoms. The Kier molecular flexibility index (Phi) is 7.19. The monoisotopic (exact) mass is 343 g/mol. The number of H-pyrrole nitrogens is 1. The summed E-state index contributed by atoms with van der Waals surface area (Å²) in [5.41, 5.74) is 2.09. The number of carbonyl (C=O) groups is 2. The first-order valence-electron chi connectivity index (χ1n) is 9.20. The number of para-hydroxylation sites is 1. The van der Waals surface area contributed by atoms with Crippen LogP contribution < -0.4 is 5.32 Å². The topological polar surface area (TPSA) is 65.2 Å². The molecule has 0 radical (unpaired) electrons. The van der Waals surface area contributed by atoms with E-state index in [1.165, 1.54) is 0 Å². The number of amides is 1. The number of carbonyl (C=O) groups excluding carboxylic acids is 2. The van der Waals surface area contributed by atoms with Crippen molar-refractivity contribution in [2.45, 2.75) is 40.0 Å². The van der Waals surface area contributed by atoms with Gasteiger partial charge in [0.05, 0.1) is 5.56 Å². The van der Waals surface area contributed by atoms with E-state index in [2.05, 4.69) is 29.0 Å². The van der Waals surface area contributed by atoms with E-state index < -0.39 is 11.7 Å². The zero-order valence-corrected chi connectivity index (χ0v) is 15.5. The van der Waals surface area contributed by atoms with Crippen LogP contribution in [0.1, 0.15) is 49.2 Å². The van der Waals surface area contributed by atoms with E-state index in [9.17, 15) is 9.59 Å². The number of benzene rings is 1. The third-order valence-corrected chi connectivity index (χ3v) is 4.34. The lowest BCUT2D eigenvalue weighted by atomic mass is 10.1. The number of nitrogens with zero attached hydrogens (tertiary/aromatic N) is 1. The molecule has 1 heterocycles. The van der Waals surface area contributed by atoms with Crippen LogP contribution in [0.4, 0.5) is 0 Å². The zero-order chi connectivity index (χ0) is 18.2. The van der Waals surface area contributed by atoms with Crippen molar-refractivity contribution in [1.29, 1.82) is 0 Å². The highest BCUT2D eigenvalue weighted by atomic mass is 16.2. The van der Waals surface area contributed by atoms with E-state index in [1.54, 1.807) is 0 Å². The van der Waals surface area contributed by atoms with Crippen molar-refractivity contribution in [3.63, 3.8) is 0 Å². The number of ketones is 1. The van der Waals surface area contributed by atoms with Gasteiger partial charge in [-0.15, -0.1) is 0 Å². The summed E-state index contributed by atoms with van der Waals surface area (Å²) in [4.78, 5) is 30.3. The second kappa shape index (κ2) is 9.37. The van der Waals surface area contributed by atoms with Crippen LogP contribution in [0.3, 0.4) is 0 Å². The Balaban J connectivity index is 1.90. The molecular weight excluding hydrogens is 314 g/mol. The van der Waals surface area contributed by atoms with Gasteiger partial charge in [-0.3, -0.25) is 9.59 Å². The maximum absolute atomic E-state index is 12.5. The first kappa shape index (κ1) is 19.2. The number of hydrogen-bond acceptors (Lipinski definition) is 3. The van der Waals surface area contributed by atoms with Crippen LogP contribution in [0.15, 0.2) is 24.3 Å². The molecule has 2 N–H and O–H groups in total. The first-order valence-corrected chi connectivity index (χ1v) is 9.20. The average Bonchev–Trinajstić information content (AvgIpc) is 2.93. The highest BCUT2D eigenvalue weighted by molar-refractivity contribution is 6.45. The van der Waals surface area contributed by atoms with Crippen molar-refractivity contribution in [2.75, 3.05) is 26.2 Å². The molecule has 2 rings (SSSR count). The summed E-state index contributed by atoms with van der Waals surface area (Å²) in [6.45, 7) is 9.80. The van der Waals surface area contributed by atoms with Crippen LogP contribution in [0, 0.1) is 6.92 Å². The highest BCUT2D eigenvalue weighted by Crippen LogP contribution is 2.22. The third-order valence-electron chi connectivity index (χ3n) is 4.34. The molecule has 0 atom stereocenters. The summed E-state index contributed by atoms with van der Waals surface area (Å²) in [6, 6.07) is 7.56. The quantitative estimate of drug-likeness (QED) is 0.395. The fourth-order valence-corrected chi connectivity index (χ4v) is 3.24. The van der Waals surface area contributed by atoms with E-state index >= 15 is 0 Å². The van der Waals surface area contributed by atoms with Crippen molar-refractivity contribution in [2.24, 2.45) is 0 Å². The number of aryl methyl sites for hydroxylation is 1. The molecule has 1 aromatic heterocycles. The standard InChI is InChI=1S/C20H29N3O2/c1-4-12-23(13-5-2)14-8-11-21-20(25)19(24)18-15(3)22-17-10-7-6-9-16(17)18/h6-7,9-10,22H,4-5,8,11-14H2,1-3H3,(H,21,25). The van der Waals surface area contributed by atoms with Gasteiger partial charge in [0.15, 0.2) is 0 Å². The SMILES string of the molecule is CCCN(CCC)CCCNC(=O)C(=O)c1c(C)[nH]c2ccccc12. The number of Topliss-reactive ketones (excluding diaryl/α,β-unsaturated/α-hetero) is 1. The molecule has 0 saturated heterocycles. The molecule has 5 heteroatoms. The Bertz CT molecular complexity index is 715. The molecule has 1 amide bonds. The molecule has 25 heavy (non-hydrogen) atoms. The Labute approximate surface area is 149 Å². The smallest absolute Gasteiger partial charge is 0.292 e. The molecule has 0 aliphatic heterocycles. The van der Waals surface area contributed by atoms with Gasteiger partial charge < -0.3 is 15.2 Å². The molecule has 0 fully saturated rings. The second-order valence-electron chi connectivity index (χ2n) is 6.45. The first-order chi connectivity index (χ1) is 12.1. The van der Waals surface area contributed by atoms with Crippen LogP contribution in [-0.2, 0) is 4.79 Å². The summed E-state index contributed by atoms with van der Waals surface area (Å²) in [5, 5.41) is 3.58. The van der Waals surface area contributed by atoms with E-state index in [0.29, 0.717) is 12.1 Å². The fourth-order valence-electron chi connectivity index (χ4n) is 3.24. The van der Waals surface area contributed by atoms with Crippen molar-refractivity contribution >= 4 is 22.6 Å². The summed E-state index contributed by atoms with van der Waals surface area (Å²) in [5.74, 6) is -0.987. The van der Waals surface area contributed by atoms with Gasteiger partial charge in [-0.05, 0) is 51.9 Å². The predicted octanol–water partition coefficient (Wildman–Crippen LogP) is 3.29. The third kappa shape index (κ3) is 4.92. The number of rotatable bonds is 10. The Morgan fingerprint density at radius 1 is 1.08 bits per heavy atom. The van der Waals surface area contributed by atoms with Gasteiger partial charge in [0.25, 0.3) is 11.7 Å². The lowest BCUT2D eigenvalue weighted by Crippen LogP contribution is -2.34. The van der Waals surface area contributed by atoms with Crippen LogP contribution in [0.2, 0.25) is 0 Å². The van der Waals surface area contributed by atoms with Gasteiger partial charge in [0.1, 0.15) is 0 Å². The number of fused-ring (bicyclic) bond motifs is 1. The van der Waals surface area contributed by atoms with Crippen LogP contribution >= 0.6 is 0 Å². The minimum atomic E-state index is -0.523. The average molecular weight is 343 g/mol. The summed E-state index contributed by atoms with van der Waals surface area (Å²) < 4.78 is 0. The summed E-state index contributed by atoms with van der Waals surface area (Å²) in [7, 11) is 0. The predicted molar refractivity (Wildman–Crippen MR) is 102 cm³/mol. The molecule has 0 bridgehead atoms. The normalized spacial score (nSPS) is 11.2. The van der Waals surface area contributed by atoms with Crippen LogP contribution in [0.25, 0.3) is 10.9 Å². The van der Waals surface area contributed by atoms with Gasteiger partial charge in [-0.1, -0.05) is 32.0 Å². The molecule has 5 nitrogen and oxygen atoms in total. The van der Waals surface area contributed by atoms with Crippen LogP contribution in [0.5, 0.6) is 0 Å². The summed E-state index contributed by atoms with van der Waals surface area (Å²) >= 11 is 0. The van der Waals surface area contributed by atoms with Crippen LogP contribution in [-0.4, -0.2) is 47.8 Å². The minimum Gasteiger partial charge on any atom is -0.358 e. The van der Waals surface area contributed by atoms with Crippen molar-refractivity contribution in [3.05, 3.63) is 35.5 Å². The summed E-state index contributed by atoms with van der Waals surface area (Å²) in [6.07, 6.45) is 3.11. The maximum atomic E-state index is 12.5. The molecule has 0 aliphatic carbocycles. The lowest BCUT2D eigenvalue weighted by Gasteiger charge is -2.20. The minimum absolute atomic E-state index is 0.464. The molecule has 2 aromatic rings. The largest absolute Gasteiger partial charge is 0.358 e. The van der Waals surface area contributed by atoms with Crippen molar-refractivity contribution in [1.82, 2.24) is 15.2 Å².